The molecule has 0 aliphatic heterocycles. The summed E-state index contributed by atoms with van der Waals surface area (Å²) in [4.78, 5) is 1.90. The van der Waals surface area contributed by atoms with E-state index in [1.165, 1.54) is 5.56 Å². The number of hydrogen-bond donors (Lipinski definition) is 0. The van der Waals surface area contributed by atoms with Crippen LogP contribution in [0.1, 0.15) is 27.7 Å². The topological polar surface area (TPSA) is 3.24 Å². The summed E-state index contributed by atoms with van der Waals surface area (Å²) in [6, 6.07) is 59.8. The second-order valence-corrected chi connectivity index (χ2v) is 14.0. The monoisotopic (exact) mass is 671 g/mol. The number of thiophene rings is 1. The van der Waals surface area contributed by atoms with Gasteiger partial charge in [-0.3, -0.25) is 0 Å². The van der Waals surface area contributed by atoms with Gasteiger partial charge in [0.2, 0.25) is 0 Å². The van der Waals surface area contributed by atoms with Crippen molar-refractivity contribution >= 4 is 48.6 Å². The summed E-state index contributed by atoms with van der Waals surface area (Å²) >= 11 is 1.62. The van der Waals surface area contributed by atoms with Crippen LogP contribution in [0.4, 0.5) is 17.1 Å². The molecule has 0 amide bonds. The van der Waals surface area contributed by atoms with Crippen LogP contribution >= 0.6 is 11.3 Å². The van der Waals surface area contributed by atoms with E-state index in [1.54, 1.807) is 11.3 Å². The second-order valence-electron chi connectivity index (χ2n) is 12.9. The molecule has 0 fully saturated rings. The minimum atomic E-state index is -0.644. The van der Waals surface area contributed by atoms with Crippen LogP contribution in [0.3, 0.4) is 0 Å². The fourth-order valence-electron chi connectivity index (χ4n) is 8.05. The molecule has 240 valence electrons. The maximum Gasteiger partial charge on any atom is 0.0714 e. The summed E-state index contributed by atoms with van der Waals surface area (Å²) in [5.41, 5.74) is 8.89. The zero-order chi connectivity index (χ0) is 37.3. The second kappa shape index (κ2) is 12.0. The van der Waals surface area contributed by atoms with Crippen LogP contribution in [0, 0.1) is 0 Å². The van der Waals surface area contributed by atoms with Gasteiger partial charge in [0.15, 0.2) is 0 Å². The molecule has 1 heterocycles. The third-order valence-corrected chi connectivity index (χ3v) is 11.4. The lowest BCUT2D eigenvalue weighted by Gasteiger charge is -2.35. The highest BCUT2D eigenvalue weighted by atomic mass is 32.1. The Morgan fingerprint density at radius 3 is 1.76 bits per heavy atom. The van der Waals surface area contributed by atoms with Gasteiger partial charge in [-0.05, 0) is 86.9 Å². The van der Waals surface area contributed by atoms with E-state index in [4.69, 9.17) is 0 Å². The molecule has 8 aromatic carbocycles. The lowest BCUT2D eigenvalue weighted by atomic mass is 9.67. The van der Waals surface area contributed by atoms with Crippen LogP contribution < -0.4 is 4.90 Å². The van der Waals surface area contributed by atoms with Crippen molar-refractivity contribution in [1.82, 2.24) is 0 Å². The van der Waals surface area contributed by atoms with Gasteiger partial charge in [-0.25, -0.2) is 0 Å². The fourth-order valence-corrected chi connectivity index (χ4v) is 9.27. The van der Waals surface area contributed by atoms with E-state index in [0.717, 1.165) is 59.4 Å². The summed E-state index contributed by atoms with van der Waals surface area (Å²) < 4.78 is 40.4. The molecule has 9 aromatic rings. The highest BCUT2D eigenvalue weighted by molar-refractivity contribution is 7.26. The number of benzene rings is 8. The average molecular weight is 672 g/mol. The van der Waals surface area contributed by atoms with Crippen molar-refractivity contribution in [3.63, 3.8) is 0 Å². The molecule has 1 nitrogen and oxygen atoms in total. The van der Waals surface area contributed by atoms with E-state index in [0.29, 0.717) is 11.1 Å². The van der Waals surface area contributed by atoms with Gasteiger partial charge < -0.3 is 4.90 Å². The van der Waals surface area contributed by atoms with Crippen molar-refractivity contribution in [2.45, 2.75) is 5.41 Å². The Morgan fingerprint density at radius 1 is 0.431 bits per heavy atom. The number of nitrogens with zero attached hydrogens (tertiary/aromatic N) is 1. The Morgan fingerprint density at radius 2 is 1.02 bits per heavy atom. The SMILES string of the molecule is [2H]c1c([2H])c(N(c2ccccc2)c2ccc3c(c2)C(c2ccccc2)(c2ccccc2)c2ccccc2-3)c([2H])c([2H])c1-c1cccc2c1sc1ccccc12. The summed E-state index contributed by atoms with van der Waals surface area (Å²) in [6.45, 7) is 0. The first-order chi connectivity index (χ1) is 27.0. The Labute approximate surface area is 308 Å². The largest absolute Gasteiger partial charge is 0.310 e. The van der Waals surface area contributed by atoms with Crippen molar-refractivity contribution in [2.24, 2.45) is 0 Å². The predicted octanol–water partition coefficient (Wildman–Crippen LogP) is 13.6. The molecule has 10 rings (SSSR count). The highest BCUT2D eigenvalue weighted by Crippen LogP contribution is 2.57. The van der Waals surface area contributed by atoms with E-state index < -0.39 is 5.41 Å². The molecule has 51 heavy (non-hydrogen) atoms. The zero-order valence-electron chi connectivity index (χ0n) is 31.6. The first-order valence-electron chi connectivity index (χ1n) is 19.2. The van der Waals surface area contributed by atoms with Gasteiger partial charge >= 0.3 is 0 Å². The van der Waals surface area contributed by atoms with E-state index in [2.05, 4.69) is 103 Å². The summed E-state index contributed by atoms with van der Waals surface area (Å²) in [6.07, 6.45) is 0. The quantitative estimate of drug-likeness (QED) is 0.170. The lowest BCUT2D eigenvalue weighted by Crippen LogP contribution is -2.28. The van der Waals surface area contributed by atoms with Crippen LogP contribution in [-0.2, 0) is 5.41 Å². The summed E-state index contributed by atoms with van der Waals surface area (Å²) in [5, 5.41) is 2.16. The van der Waals surface area contributed by atoms with Crippen molar-refractivity contribution < 1.29 is 5.48 Å². The molecule has 0 radical (unpaired) electrons. The number of fused-ring (bicyclic) bond motifs is 6. The molecule has 2 heteroatoms. The average Bonchev–Trinajstić information content (AvgIpc) is 3.77. The number of rotatable bonds is 6. The summed E-state index contributed by atoms with van der Waals surface area (Å²) in [5.74, 6) is 0. The van der Waals surface area contributed by atoms with Crippen molar-refractivity contribution in [1.29, 1.82) is 0 Å². The van der Waals surface area contributed by atoms with Gasteiger partial charge in [-0.2, -0.15) is 0 Å². The summed E-state index contributed by atoms with van der Waals surface area (Å²) in [7, 11) is 0. The molecular weight excluding hydrogens is 635 g/mol. The van der Waals surface area contributed by atoms with Crippen molar-refractivity contribution in [3.8, 4) is 22.3 Å². The van der Waals surface area contributed by atoms with Crippen LogP contribution in [0.15, 0.2) is 200 Å². The smallest absolute Gasteiger partial charge is 0.0714 e. The Balaban J connectivity index is 1.23. The van der Waals surface area contributed by atoms with Crippen LogP contribution in [0.2, 0.25) is 0 Å². The van der Waals surface area contributed by atoms with Crippen LogP contribution in [0.25, 0.3) is 42.4 Å². The first-order valence-corrected chi connectivity index (χ1v) is 18.0. The molecule has 0 unspecified atom stereocenters. The normalized spacial score (nSPS) is 14.0. The maximum absolute atomic E-state index is 9.64. The Kier molecular flexibility index (Phi) is 6.04. The van der Waals surface area contributed by atoms with Gasteiger partial charge in [-0.15, -0.1) is 11.3 Å². The first kappa shape index (κ1) is 25.7. The molecule has 0 saturated carbocycles. The van der Waals surface area contributed by atoms with E-state index >= 15 is 0 Å². The molecule has 1 aromatic heterocycles. The Hall–Kier alpha value is -6.22. The molecule has 1 aliphatic rings. The lowest BCUT2D eigenvalue weighted by molar-refractivity contribution is 0.768. The van der Waals surface area contributed by atoms with Gasteiger partial charge in [0.25, 0.3) is 0 Å². The van der Waals surface area contributed by atoms with E-state index in [-0.39, 0.29) is 29.9 Å². The molecule has 0 spiro atoms. The fraction of sp³-hybridized carbons (Fsp3) is 0.0204. The molecule has 0 saturated heterocycles. The molecule has 1 aliphatic carbocycles. The zero-order valence-corrected chi connectivity index (χ0v) is 28.4. The minimum Gasteiger partial charge on any atom is -0.310 e. The van der Waals surface area contributed by atoms with E-state index in [1.807, 2.05) is 77.7 Å². The van der Waals surface area contributed by atoms with Crippen molar-refractivity contribution in [2.75, 3.05) is 4.90 Å². The highest BCUT2D eigenvalue weighted by Gasteiger charge is 2.46. The molecule has 0 bridgehead atoms. The predicted molar refractivity (Wildman–Crippen MR) is 217 cm³/mol. The standard InChI is InChI=1S/C49H33NS/c1-4-15-35(16-5-1)49(36-17-6-2-7-18-36)45-25-12-10-21-41(45)42-32-31-39(33-46(42)49)50(37-19-8-3-9-20-37)38-29-27-34(28-30-38)40-23-14-24-44-43-22-11-13-26-47(43)51-48(40)44/h1-33H/i27D,28D,29D,30D. The van der Waals surface area contributed by atoms with E-state index in [9.17, 15) is 5.48 Å². The number of hydrogen-bond acceptors (Lipinski definition) is 2. The van der Waals surface area contributed by atoms with Crippen LogP contribution in [-0.4, -0.2) is 0 Å². The Bertz CT molecular complexity index is 2850. The molecular formula is C49H33NS. The van der Waals surface area contributed by atoms with Gasteiger partial charge in [0, 0.05) is 37.2 Å². The number of para-hydroxylation sites is 1. The van der Waals surface area contributed by atoms with Gasteiger partial charge in [-0.1, -0.05) is 158 Å². The van der Waals surface area contributed by atoms with Crippen molar-refractivity contribution in [3.05, 3.63) is 222 Å². The van der Waals surface area contributed by atoms with Crippen LogP contribution in [0.5, 0.6) is 0 Å². The van der Waals surface area contributed by atoms with Gasteiger partial charge in [0.05, 0.1) is 10.9 Å². The molecule has 0 atom stereocenters. The van der Waals surface area contributed by atoms with Gasteiger partial charge in [0.1, 0.15) is 0 Å². The molecule has 0 N–H and O–H groups in total. The minimum absolute atomic E-state index is 0.0710. The number of anilines is 3. The third kappa shape index (κ3) is 4.61. The third-order valence-electron chi connectivity index (χ3n) is 10.2. The maximum atomic E-state index is 9.64.